The monoisotopic (exact) mass is 359 g/mol. The number of hydrogen-bond acceptors (Lipinski definition) is 7. The molecule has 0 amide bonds. The van der Waals surface area contributed by atoms with Crippen molar-refractivity contribution in [2.45, 2.75) is 38.5 Å². The van der Waals surface area contributed by atoms with Crippen LogP contribution >= 0.6 is 0 Å². The Kier molecular flexibility index (Phi) is 5.06. The molecule has 1 fully saturated rings. The van der Waals surface area contributed by atoms with Crippen LogP contribution in [0.2, 0.25) is 0 Å². The first kappa shape index (κ1) is 18.1. The molecule has 2 aromatic heterocycles. The Labute approximate surface area is 150 Å². The molecule has 2 heterocycles. The normalized spacial score (nSPS) is 17.2. The summed E-state index contributed by atoms with van der Waals surface area (Å²) >= 11 is 0. The van der Waals surface area contributed by atoms with Gasteiger partial charge in [-0.1, -0.05) is 12.8 Å². The fourth-order valence-corrected chi connectivity index (χ4v) is 2.67. The van der Waals surface area contributed by atoms with Crippen molar-refractivity contribution >= 4 is 23.0 Å². The van der Waals surface area contributed by atoms with Crippen LogP contribution in [0.4, 0.5) is 5.82 Å². The highest BCUT2D eigenvalue weighted by Crippen LogP contribution is 2.28. The third-order valence-corrected chi connectivity index (χ3v) is 4.38. The number of rotatable bonds is 6. The predicted octanol–water partition coefficient (Wildman–Crippen LogP) is 0.592. The second-order valence-corrected chi connectivity index (χ2v) is 6.27. The Bertz CT molecular complexity index is 880. The van der Waals surface area contributed by atoms with Crippen LogP contribution in [0.5, 0.6) is 0 Å². The van der Waals surface area contributed by atoms with E-state index in [1.54, 1.807) is 14.0 Å². The van der Waals surface area contributed by atoms with E-state index in [4.69, 9.17) is 0 Å². The molecule has 0 spiro atoms. The Hall–Kier alpha value is -2.70. The number of aliphatic hydroxyl groups excluding tert-OH is 2. The summed E-state index contributed by atoms with van der Waals surface area (Å²) in [5.74, 6) is 4.81. The minimum Gasteiger partial charge on any atom is -0.481 e. The molecule has 1 saturated carbocycles. The fraction of sp³-hybridized carbons (Fsp3) is 0.529. The van der Waals surface area contributed by atoms with Crippen LogP contribution < -0.4 is 5.32 Å². The zero-order valence-corrected chi connectivity index (χ0v) is 14.5. The maximum Gasteiger partial charge on any atom is 0.309 e. The molecule has 3 atom stereocenters. The fourth-order valence-electron chi connectivity index (χ4n) is 2.67. The second kappa shape index (κ2) is 7.27. The molecule has 9 heteroatoms. The highest BCUT2D eigenvalue weighted by atomic mass is 16.4. The molecular formula is C17H21N5O4. The summed E-state index contributed by atoms with van der Waals surface area (Å²) in [5, 5.41) is 32.9. The number of nitrogens with zero attached hydrogens (tertiary/aromatic N) is 4. The summed E-state index contributed by atoms with van der Waals surface area (Å²) in [6.45, 7) is 1.63. The van der Waals surface area contributed by atoms with Crippen LogP contribution in [0.3, 0.4) is 0 Å². The number of carbonyl (C=O) groups is 1. The summed E-state index contributed by atoms with van der Waals surface area (Å²) in [4.78, 5) is 24.1. The van der Waals surface area contributed by atoms with Crippen LogP contribution in [-0.2, 0) is 4.79 Å². The first-order valence-electron chi connectivity index (χ1n) is 8.49. The average Bonchev–Trinajstić information content (AvgIpc) is 3.36. The zero-order chi connectivity index (χ0) is 18.8. The van der Waals surface area contributed by atoms with Crippen LogP contribution in [0.1, 0.15) is 38.2 Å². The molecule has 1 aliphatic rings. The summed E-state index contributed by atoms with van der Waals surface area (Å²) in [6, 6.07) is 0. The molecular weight excluding hydrogens is 338 g/mol. The molecule has 0 saturated heterocycles. The number of fused-ring (bicyclic) bond motifs is 1. The van der Waals surface area contributed by atoms with Gasteiger partial charge in [-0.05, 0) is 25.2 Å². The first-order valence-corrected chi connectivity index (χ1v) is 8.49. The Balaban J connectivity index is 2.01. The predicted molar refractivity (Wildman–Crippen MR) is 93.2 cm³/mol. The molecule has 4 N–H and O–H groups in total. The lowest BCUT2D eigenvalue weighted by atomic mass is 9.98. The van der Waals surface area contributed by atoms with Crippen LogP contribution in [-0.4, -0.2) is 54.0 Å². The van der Waals surface area contributed by atoms with Crippen LogP contribution in [0.15, 0.2) is 6.33 Å². The van der Waals surface area contributed by atoms with Crippen molar-refractivity contribution in [3.05, 3.63) is 12.2 Å². The lowest BCUT2D eigenvalue weighted by molar-refractivity contribution is -0.152. The van der Waals surface area contributed by atoms with E-state index in [1.807, 2.05) is 0 Å². The molecule has 3 rings (SSSR count). The number of carboxylic acids is 1. The van der Waals surface area contributed by atoms with Gasteiger partial charge in [-0.15, -0.1) is 0 Å². The standard InChI is InChI=1S/C17H21N5O4/c1-3-10(17(25)26)13(23)16(24)22-8-19-12-14(18-2)20-11(21-15(12)22)7-6-9-4-5-9/h8-10,13,16,23-24H,3-5H2,1-2H3,(H,25,26)(H,18,20,21)/t10-,13+,16+/m0/s1. The minimum atomic E-state index is -1.51. The average molecular weight is 359 g/mol. The summed E-state index contributed by atoms with van der Waals surface area (Å²) in [7, 11) is 1.68. The Morgan fingerprint density at radius 3 is 2.73 bits per heavy atom. The van der Waals surface area contributed by atoms with E-state index in [9.17, 15) is 20.1 Å². The SMILES string of the molecule is CC[C@H](C(=O)O)[C@@H](O)[C@@H](O)n1cnc2c(NC)nc(C#CC3CC3)nc21. The van der Waals surface area contributed by atoms with Crippen molar-refractivity contribution in [3.63, 3.8) is 0 Å². The molecule has 26 heavy (non-hydrogen) atoms. The topological polar surface area (TPSA) is 133 Å². The molecule has 138 valence electrons. The number of carboxylic acid groups (broad SMARTS) is 1. The molecule has 0 aliphatic heterocycles. The van der Waals surface area contributed by atoms with E-state index in [0.717, 1.165) is 12.8 Å². The molecule has 9 nitrogen and oxygen atoms in total. The van der Waals surface area contributed by atoms with Crippen LogP contribution in [0, 0.1) is 23.7 Å². The van der Waals surface area contributed by atoms with Crippen molar-refractivity contribution < 1.29 is 20.1 Å². The largest absolute Gasteiger partial charge is 0.481 e. The van der Waals surface area contributed by atoms with Crippen molar-refractivity contribution in [2.75, 3.05) is 12.4 Å². The van der Waals surface area contributed by atoms with Crippen molar-refractivity contribution in [2.24, 2.45) is 11.8 Å². The maximum atomic E-state index is 11.3. The van der Waals surface area contributed by atoms with Gasteiger partial charge in [0, 0.05) is 13.0 Å². The van der Waals surface area contributed by atoms with Gasteiger partial charge in [-0.25, -0.2) is 15.0 Å². The summed E-state index contributed by atoms with van der Waals surface area (Å²) in [6.07, 6.45) is 0.610. The summed E-state index contributed by atoms with van der Waals surface area (Å²) < 4.78 is 1.25. The maximum absolute atomic E-state index is 11.3. The molecule has 1 aliphatic carbocycles. The summed E-state index contributed by atoms with van der Waals surface area (Å²) in [5.41, 5.74) is 0.676. The van der Waals surface area contributed by atoms with E-state index < -0.39 is 24.2 Å². The van der Waals surface area contributed by atoms with Gasteiger partial charge in [0.15, 0.2) is 23.2 Å². The highest BCUT2D eigenvalue weighted by molar-refractivity contribution is 5.83. The number of aromatic nitrogens is 4. The molecule has 2 aromatic rings. The van der Waals surface area contributed by atoms with Crippen LogP contribution in [0.25, 0.3) is 11.2 Å². The quantitative estimate of drug-likeness (QED) is 0.551. The number of aliphatic hydroxyl groups is 2. The second-order valence-electron chi connectivity index (χ2n) is 6.27. The van der Waals surface area contributed by atoms with E-state index in [0.29, 0.717) is 17.3 Å². The third-order valence-electron chi connectivity index (χ3n) is 4.38. The third kappa shape index (κ3) is 3.47. The minimum absolute atomic E-state index is 0.176. The van der Waals surface area contributed by atoms with Gasteiger partial charge in [0.1, 0.15) is 6.10 Å². The Morgan fingerprint density at radius 1 is 1.42 bits per heavy atom. The number of imidazole rings is 1. The van der Waals surface area contributed by atoms with Crippen molar-refractivity contribution in [3.8, 4) is 11.8 Å². The number of nitrogens with one attached hydrogen (secondary N) is 1. The van der Waals surface area contributed by atoms with Crippen molar-refractivity contribution in [1.29, 1.82) is 0 Å². The highest BCUT2D eigenvalue weighted by Gasteiger charge is 2.32. The van der Waals surface area contributed by atoms with Gasteiger partial charge in [-0.3, -0.25) is 9.36 Å². The van der Waals surface area contributed by atoms with Crippen molar-refractivity contribution in [1.82, 2.24) is 19.5 Å². The van der Waals surface area contributed by atoms with E-state index in [-0.39, 0.29) is 17.9 Å². The first-order chi connectivity index (χ1) is 12.5. The molecule has 0 radical (unpaired) electrons. The lowest BCUT2D eigenvalue weighted by Crippen LogP contribution is -2.35. The van der Waals surface area contributed by atoms with E-state index >= 15 is 0 Å². The van der Waals surface area contributed by atoms with E-state index in [1.165, 1.54) is 10.9 Å². The number of hydrogen-bond donors (Lipinski definition) is 4. The lowest BCUT2D eigenvalue weighted by Gasteiger charge is -2.23. The Morgan fingerprint density at radius 2 is 2.15 bits per heavy atom. The van der Waals surface area contributed by atoms with Gasteiger partial charge in [0.25, 0.3) is 0 Å². The van der Waals surface area contributed by atoms with Gasteiger partial charge in [0.05, 0.1) is 12.2 Å². The zero-order valence-electron chi connectivity index (χ0n) is 14.5. The van der Waals surface area contributed by atoms with Gasteiger partial charge in [0.2, 0.25) is 5.82 Å². The van der Waals surface area contributed by atoms with E-state index in [2.05, 4.69) is 32.1 Å². The van der Waals surface area contributed by atoms with Gasteiger partial charge >= 0.3 is 5.97 Å². The number of anilines is 1. The molecule has 0 aromatic carbocycles. The van der Waals surface area contributed by atoms with Gasteiger partial charge in [-0.2, -0.15) is 0 Å². The molecule has 0 unspecified atom stereocenters. The van der Waals surface area contributed by atoms with Gasteiger partial charge < -0.3 is 20.6 Å². The molecule has 0 bridgehead atoms. The smallest absolute Gasteiger partial charge is 0.309 e. The number of aliphatic carboxylic acids is 1.